The van der Waals surface area contributed by atoms with Gasteiger partial charge < -0.3 is 10.2 Å². The summed E-state index contributed by atoms with van der Waals surface area (Å²) in [6.07, 6.45) is 7.25. The van der Waals surface area contributed by atoms with Crippen molar-refractivity contribution in [2.24, 2.45) is 0 Å². The largest absolute Gasteiger partial charge is 0.353 e. The molecule has 0 aromatic carbocycles. The van der Waals surface area contributed by atoms with Gasteiger partial charge >= 0.3 is 0 Å². The number of nitrogens with one attached hydrogen (secondary N) is 2. The lowest BCUT2D eigenvalue weighted by atomic mass is 10.0. The molecule has 100 valence electrons. The third-order valence-electron chi connectivity index (χ3n) is 3.04. The molecule has 1 heterocycles. The molecule has 2 amide bonds. The highest BCUT2D eigenvalue weighted by molar-refractivity contribution is 5.78. The smallest absolute Gasteiger partial charge is 0.236 e. The van der Waals surface area contributed by atoms with Crippen LogP contribution < -0.4 is 10.6 Å². The zero-order valence-corrected chi connectivity index (χ0v) is 10.9. The number of hydrogen-bond acceptors (Lipinski definition) is 3. The average molecular weight is 251 g/mol. The second kappa shape index (κ2) is 7.72. The van der Waals surface area contributed by atoms with Gasteiger partial charge in [-0.3, -0.25) is 14.9 Å². The Labute approximate surface area is 108 Å². The minimum absolute atomic E-state index is 0.0746. The summed E-state index contributed by atoms with van der Waals surface area (Å²) < 4.78 is 0. The van der Waals surface area contributed by atoms with E-state index < -0.39 is 0 Å². The fraction of sp³-hybridized carbons (Fsp3) is 0.692. The third-order valence-corrected chi connectivity index (χ3v) is 3.04. The predicted molar refractivity (Wildman–Crippen MR) is 69.7 cm³/mol. The molecule has 0 spiro atoms. The Morgan fingerprint density at radius 2 is 2.06 bits per heavy atom. The zero-order chi connectivity index (χ0) is 13.4. The summed E-state index contributed by atoms with van der Waals surface area (Å²) in [5.74, 6) is 2.59. The summed E-state index contributed by atoms with van der Waals surface area (Å²) in [5, 5.41) is 5.85. The summed E-state index contributed by atoms with van der Waals surface area (Å²) in [4.78, 5) is 24.8. The molecular formula is C13H21N3O2. The number of rotatable bonds is 5. The van der Waals surface area contributed by atoms with Crippen molar-refractivity contribution in [1.29, 1.82) is 0 Å². The van der Waals surface area contributed by atoms with Gasteiger partial charge in [0.2, 0.25) is 11.8 Å². The summed E-state index contributed by atoms with van der Waals surface area (Å²) in [6.45, 7) is 3.94. The molecule has 1 rings (SSSR count). The Hall–Kier alpha value is -1.54. The predicted octanol–water partition coefficient (Wildman–Crippen LogP) is -0.274. The van der Waals surface area contributed by atoms with E-state index in [-0.39, 0.29) is 24.4 Å². The maximum atomic E-state index is 11.8. The normalized spacial score (nSPS) is 16.1. The molecule has 18 heavy (non-hydrogen) atoms. The number of amides is 2. The summed E-state index contributed by atoms with van der Waals surface area (Å²) >= 11 is 0. The summed E-state index contributed by atoms with van der Waals surface area (Å²) in [5.41, 5.74) is 0. The van der Waals surface area contributed by atoms with Gasteiger partial charge in [-0.05, 0) is 12.8 Å². The molecule has 5 nitrogen and oxygen atoms in total. The van der Waals surface area contributed by atoms with Crippen LogP contribution in [0.4, 0.5) is 0 Å². The molecule has 0 saturated carbocycles. The van der Waals surface area contributed by atoms with Crippen LogP contribution in [-0.4, -0.2) is 48.9 Å². The van der Waals surface area contributed by atoms with E-state index >= 15 is 0 Å². The second-order valence-corrected chi connectivity index (χ2v) is 4.38. The highest BCUT2D eigenvalue weighted by Gasteiger charge is 2.22. The number of hydrogen-bond donors (Lipinski definition) is 2. The fourth-order valence-corrected chi connectivity index (χ4v) is 1.96. The van der Waals surface area contributed by atoms with E-state index in [0.717, 1.165) is 12.8 Å². The number of carbonyl (C=O) groups excluding carboxylic acids is 2. The molecule has 0 radical (unpaired) electrons. The Kier molecular flexibility index (Phi) is 6.23. The molecular weight excluding hydrogens is 230 g/mol. The van der Waals surface area contributed by atoms with E-state index in [0.29, 0.717) is 26.1 Å². The number of terminal acetylenes is 1. The van der Waals surface area contributed by atoms with Crippen molar-refractivity contribution in [2.45, 2.75) is 32.2 Å². The van der Waals surface area contributed by atoms with Crippen molar-refractivity contribution in [3.8, 4) is 12.3 Å². The Balaban J connectivity index is 2.24. The molecule has 1 aliphatic heterocycles. The topological polar surface area (TPSA) is 61.4 Å². The number of likely N-dealkylation sites (tertiary alicyclic amines) is 1. The number of nitrogens with zero attached hydrogens (tertiary/aromatic N) is 1. The molecule has 1 aliphatic rings. The first-order valence-electron chi connectivity index (χ1n) is 6.38. The van der Waals surface area contributed by atoms with Crippen molar-refractivity contribution < 1.29 is 9.59 Å². The van der Waals surface area contributed by atoms with Crippen molar-refractivity contribution in [3.63, 3.8) is 0 Å². The highest BCUT2D eigenvalue weighted by atomic mass is 16.2. The highest BCUT2D eigenvalue weighted by Crippen LogP contribution is 2.10. The molecule has 0 atom stereocenters. The summed E-state index contributed by atoms with van der Waals surface area (Å²) in [6, 6.07) is 0.208. The van der Waals surface area contributed by atoms with E-state index in [1.54, 1.807) is 0 Å². The Bertz CT molecular complexity index is 328. The van der Waals surface area contributed by atoms with Crippen LogP contribution >= 0.6 is 0 Å². The van der Waals surface area contributed by atoms with Crippen LogP contribution in [0.3, 0.4) is 0 Å². The number of carbonyl (C=O) groups is 2. The van der Waals surface area contributed by atoms with E-state index in [9.17, 15) is 9.59 Å². The van der Waals surface area contributed by atoms with Crippen LogP contribution in [0.15, 0.2) is 0 Å². The van der Waals surface area contributed by atoms with Crippen LogP contribution in [0.25, 0.3) is 0 Å². The maximum absolute atomic E-state index is 11.8. The van der Waals surface area contributed by atoms with Crippen LogP contribution in [0, 0.1) is 12.3 Å². The molecule has 0 aromatic heterocycles. The van der Waals surface area contributed by atoms with E-state index in [1.807, 2.05) is 11.8 Å². The van der Waals surface area contributed by atoms with Gasteiger partial charge in [0.25, 0.3) is 0 Å². The lowest BCUT2D eigenvalue weighted by molar-refractivity contribution is -0.131. The molecule has 5 heteroatoms. The summed E-state index contributed by atoms with van der Waals surface area (Å²) in [7, 11) is 0. The first kappa shape index (κ1) is 14.5. The maximum Gasteiger partial charge on any atom is 0.236 e. The molecule has 1 fully saturated rings. The third kappa shape index (κ3) is 4.76. The van der Waals surface area contributed by atoms with Gasteiger partial charge in [-0.25, -0.2) is 0 Å². The van der Waals surface area contributed by atoms with Crippen molar-refractivity contribution in [2.75, 3.05) is 26.2 Å². The SMILES string of the molecule is C#CCNCC(=O)N1CCC(NC(=O)CC)CC1. The van der Waals surface area contributed by atoms with E-state index in [4.69, 9.17) is 6.42 Å². The van der Waals surface area contributed by atoms with E-state index in [1.165, 1.54) is 0 Å². The van der Waals surface area contributed by atoms with Crippen molar-refractivity contribution in [1.82, 2.24) is 15.5 Å². The Morgan fingerprint density at radius 3 is 2.61 bits per heavy atom. The molecule has 2 N–H and O–H groups in total. The first-order valence-corrected chi connectivity index (χ1v) is 6.38. The van der Waals surface area contributed by atoms with Gasteiger partial charge in [-0.2, -0.15) is 0 Å². The van der Waals surface area contributed by atoms with Gasteiger partial charge in [-0.15, -0.1) is 6.42 Å². The Morgan fingerprint density at radius 1 is 1.39 bits per heavy atom. The first-order chi connectivity index (χ1) is 8.67. The molecule has 1 saturated heterocycles. The quantitative estimate of drug-likeness (QED) is 0.522. The van der Waals surface area contributed by atoms with Gasteiger partial charge in [0.15, 0.2) is 0 Å². The van der Waals surface area contributed by atoms with Crippen LogP contribution in [0.1, 0.15) is 26.2 Å². The molecule has 0 unspecified atom stereocenters. The minimum Gasteiger partial charge on any atom is -0.353 e. The van der Waals surface area contributed by atoms with E-state index in [2.05, 4.69) is 16.6 Å². The zero-order valence-electron chi connectivity index (χ0n) is 10.9. The average Bonchev–Trinajstić information content (AvgIpc) is 2.39. The van der Waals surface area contributed by atoms with Crippen LogP contribution in [-0.2, 0) is 9.59 Å². The van der Waals surface area contributed by atoms with Gasteiger partial charge in [-0.1, -0.05) is 12.8 Å². The van der Waals surface area contributed by atoms with Crippen LogP contribution in [0.5, 0.6) is 0 Å². The number of piperidine rings is 1. The molecule has 0 bridgehead atoms. The monoisotopic (exact) mass is 251 g/mol. The van der Waals surface area contributed by atoms with Crippen LogP contribution in [0.2, 0.25) is 0 Å². The second-order valence-electron chi connectivity index (χ2n) is 4.38. The van der Waals surface area contributed by atoms with Gasteiger partial charge in [0, 0.05) is 25.6 Å². The standard InChI is InChI=1S/C13H21N3O2/c1-3-7-14-10-13(18)16-8-5-11(6-9-16)15-12(17)4-2/h1,11,14H,4-10H2,2H3,(H,15,17). The van der Waals surface area contributed by atoms with Gasteiger partial charge in [0.1, 0.15) is 0 Å². The van der Waals surface area contributed by atoms with Gasteiger partial charge in [0.05, 0.1) is 13.1 Å². The fourth-order valence-electron chi connectivity index (χ4n) is 1.96. The lowest BCUT2D eigenvalue weighted by Crippen LogP contribution is -2.48. The molecule has 0 aliphatic carbocycles. The van der Waals surface area contributed by atoms with Crippen molar-refractivity contribution >= 4 is 11.8 Å². The molecule has 0 aromatic rings. The minimum atomic E-state index is 0.0746. The van der Waals surface area contributed by atoms with Crippen molar-refractivity contribution in [3.05, 3.63) is 0 Å². The lowest BCUT2D eigenvalue weighted by Gasteiger charge is -2.32.